The molecule has 2 aliphatic rings. The molecule has 2 N–H and O–H groups in total. The van der Waals surface area contributed by atoms with E-state index in [9.17, 15) is 0 Å². The van der Waals surface area contributed by atoms with Gasteiger partial charge in [0.1, 0.15) is 0 Å². The van der Waals surface area contributed by atoms with Gasteiger partial charge in [-0.3, -0.25) is 4.99 Å². The van der Waals surface area contributed by atoms with Crippen LogP contribution in [0.25, 0.3) is 0 Å². The van der Waals surface area contributed by atoms with Crippen molar-refractivity contribution in [2.75, 3.05) is 33.4 Å². The molecule has 1 aliphatic heterocycles. The Labute approximate surface area is 146 Å². The summed E-state index contributed by atoms with van der Waals surface area (Å²) >= 11 is 0. The highest BCUT2D eigenvalue weighted by Crippen LogP contribution is 2.45. The van der Waals surface area contributed by atoms with Crippen LogP contribution in [0.1, 0.15) is 46.5 Å². The molecule has 21 heavy (non-hydrogen) atoms. The van der Waals surface area contributed by atoms with Crippen molar-refractivity contribution in [1.82, 2.24) is 10.6 Å². The van der Waals surface area contributed by atoms with Crippen molar-refractivity contribution in [3.05, 3.63) is 0 Å². The number of halogens is 1. The normalized spacial score (nSPS) is 22.8. The molecule has 1 aliphatic carbocycles. The van der Waals surface area contributed by atoms with Crippen molar-refractivity contribution in [3.63, 3.8) is 0 Å². The zero-order chi connectivity index (χ0) is 14.6. The van der Waals surface area contributed by atoms with Crippen LogP contribution in [0.2, 0.25) is 0 Å². The van der Waals surface area contributed by atoms with E-state index >= 15 is 0 Å². The van der Waals surface area contributed by atoms with Crippen LogP contribution < -0.4 is 10.6 Å². The lowest BCUT2D eigenvalue weighted by molar-refractivity contribution is -0.0971. The van der Waals surface area contributed by atoms with Gasteiger partial charge in [0, 0.05) is 25.6 Å². The number of rotatable bonds is 6. The van der Waals surface area contributed by atoms with Gasteiger partial charge < -0.3 is 15.4 Å². The summed E-state index contributed by atoms with van der Waals surface area (Å²) in [4.78, 5) is 4.34. The molecule has 0 aromatic heterocycles. The number of nitrogens with one attached hydrogen (secondary N) is 2. The highest BCUT2D eigenvalue weighted by Gasteiger charge is 2.37. The van der Waals surface area contributed by atoms with E-state index in [-0.39, 0.29) is 29.4 Å². The minimum absolute atomic E-state index is 0. The Hall–Kier alpha value is -0.0400. The molecule has 5 heteroatoms. The quantitative estimate of drug-likeness (QED) is 0.403. The van der Waals surface area contributed by atoms with Gasteiger partial charge in [-0.05, 0) is 30.6 Å². The minimum atomic E-state index is 0. The summed E-state index contributed by atoms with van der Waals surface area (Å²) in [5.74, 6) is 1.71. The Morgan fingerprint density at radius 1 is 1.19 bits per heavy atom. The standard InChI is InChI=1S/C16H31N3O.HI/c1-13(2)8-16(6-5-7-16)10-19-14(17-4)18-9-15(3)11-20-12-15;/h13H,5-12H2,1-4H3,(H2,17,18,19);1H. The minimum Gasteiger partial charge on any atom is -0.380 e. The smallest absolute Gasteiger partial charge is 0.191 e. The van der Waals surface area contributed by atoms with E-state index < -0.39 is 0 Å². The molecule has 1 heterocycles. The van der Waals surface area contributed by atoms with Gasteiger partial charge in [-0.15, -0.1) is 24.0 Å². The summed E-state index contributed by atoms with van der Waals surface area (Å²) in [5.41, 5.74) is 0.791. The number of hydrogen-bond acceptors (Lipinski definition) is 2. The second kappa shape index (κ2) is 7.99. The monoisotopic (exact) mass is 409 g/mol. The van der Waals surface area contributed by atoms with Crippen molar-refractivity contribution in [2.24, 2.45) is 21.7 Å². The van der Waals surface area contributed by atoms with Crippen molar-refractivity contribution in [2.45, 2.75) is 46.5 Å². The lowest BCUT2D eigenvalue weighted by Crippen LogP contribution is -2.52. The molecule has 1 saturated heterocycles. The van der Waals surface area contributed by atoms with Gasteiger partial charge in [0.2, 0.25) is 0 Å². The highest BCUT2D eigenvalue weighted by molar-refractivity contribution is 14.0. The summed E-state index contributed by atoms with van der Waals surface area (Å²) in [6.07, 6.45) is 5.43. The number of nitrogens with zero attached hydrogens (tertiary/aromatic N) is 1. The summed E-state index contributed by atoms with van der Waals surface area (Å²) < 4.78 is 5.29. The number of hydrogen-bond donors (Lipinski definition) is 2. The van der Waals surface area contributed by atoms with Gasteiger partial charge in [0.15, 0.2) is 5.96 Å². The van der Waals surface area contributed by atoms with Gasteiger partial charge in [0.05, 0.1) is 13.2 Å². The third kappa shape index (κ3) is 5.27. The van der Waals surface area contributed by atoms with Crippen LogP contribution in [0.15, 0.2) is 4.99 Å². The molecule has 0 spiro atoms. The molecular weight excluding hydrogens is 377 g/mol. The third-order valence-corrected chi connectivity index (χ3v) is 4.69. The lowest BCUT2D eigenvalue weighted by atomic mass is 9.64. The Balaban J connectivity index is 0.00000220. The second-order valence-electron chi connectivity index (χ2n) is 7.53. The highest BCUT2D eigenvalue weighted by atomic mass is 127. The largest absolute Gasteiger partial charge is 0.380 e. The van der Waals surface area contributed by atoms with Crippen LogP contribution in [0.4, 0.5) is 0 Å². The van der Waals surface area contributed by atoms with Crippen molar-refractivity contribution < 1.29 is 4.74 Å². The maximum atomic E-state index is 5.29. The maximum Gasteiger partial charge on any atom is 0.191 e. The number of guanidine groups is 1. The van der Waals surface area contributed by atoms with Gasteiger partial charge in [0.25, 0.3) is 0 Å². The first-order valence-electron chi connectivity index (χ1n) is 7.99. The van der Waals surface area contributed by atoms with Gasteiger partial charge in [-0.1, -0.05) is 27.2 Å². The van der Waals surface area contributed by atoms with E-state index in [1.807, 2.05) is 7.05 Å². The van der Waals surface area contributed by atoms with Gasteiger partial charge in [-0.25, -0.2) is 0 Å². The average molecular weight is 409 g/mol. The third-order valence-electron chi connectivity index (χ3n) is 4.69. The molecule has 124 valence electrons. The van der Waals surface area contributed by atoms with Gasteiger partial charge >= 0.3 is 0 Å². The topological polar surface area (TPSA) is 45.7 Å². The molecule has 0 unspecified atom stereocenters. The number of ether oxygens (including phenoxy) is 1. The van der Waals surface area contributed by atoms with Crippen LogP contribution in [0.3, 0.4) is 0 Å². The first kappa shape index (κ1) is 19.0. The van der Waals surface area contributed by atoms with Crippen LogP contribution in [0.5, 0.6) is 0 Å². The predicted molar refractivity (Wildman–Crippen MR) is 99.4 cm³/mol. The first-order chi connectivity index (χ1) is 9.47. The summed E-state index contributed by atoms with van der Waals surface area (Å²) in [7, 11) is 1.85. The fraction of sp³-hybridized carbons (Fsp3) is 0.938. The molecule has 0 amide bonds. The van der Waals surface area contributed by atoms with Crippen LogP contribution >= 0.6 is 24.0 Å². The Bertz CT molecular complexity index is 349. The van der Waals surface area contributed by atoms with Crippen molar-refractivity contribution in [1.29, 1.82) is 0 Å². The van der Waals surface area contributed by atoms with E-state index in [4.69, 9.17) is 4.74 Å². The zero-order valence-electron chi connectivity index (χ0n) is 14.0. The van der Waals surface area contributed by atoms with Gasteiger partial charge in [-0.2, -0.15) is 0 Å². The fourth-order valence-electron chi connectivity index (χ4n) is 3.34. The summed E-state index contributed by atoms with van der Waals surface area (Å²) in [6.45, 7) is 10.6. The Morgan fingerprint density at radius 3 is 2.19 bits per heavy atom. The maximum absolute atomic E-state index is 5.29. The Kier molecular flexibility index (Phi) is 7.24. The van der Waals surface area contributed by atoms with Crippen LogP contribution in [-0.4, -0.2) is 39.3 Å². The molecule has 0 bridgehead atoms. The predicted octanol–water partition coefficient (Wildman–Crippen LogP) is 3.02. The van der Waals surface area contributed by atoms with E-state index in [1.54, 1.807) is 0 Å². The molecule has 0 aromatic rings. The Morgan fingerprint density at radius 2 is 1.81 bits per heavy atom. The average Bonchev–Trinajstić information content (AvgIpc) is 2.32. The fourth-order valence-corrected chi connectivity index (χ4v) is 3.34. The number of aliphatic imine (C=N–C) groups is 1. The molecule has 0 radical (unpaired) electrons. The van der Waals surface area contributed by atoms with E-state index in [0.717, 1.165) is 38.2 Å². The van der Waals surface area contributed by atoms with E-state index in [0.29, 0.717) is 5.41 Å². The molecular formula is C16H32IN3O. The molecule has 0 aromatic carbocycles. The molecule has 1 saturated carbocycles. The molecule has 2 fully saturated rings. The second-order valence-corrected chi connectivity index (χ2v) is 7.53. The van der Waals surface area contributed by atoms with E-state index in [2.05, 4.69) is 36.4 Å². The SMILES string of the molecule is CN=C(NCC1(C)COC1)NCC1(CC(C)C)CCC1.I. The van der Waals surface area contributed by atoms with Crippen LogP contribution in [0, 0.1) is 16.7 Å². The summed E-state index contributed by atoms with van der Waals surface area (Å²) in [5, 5.41) is 6.98. The molecule has 2 rings (SSSR count). The lowest BCUT2D eigenvalue weighted by Gasteiger charge is -2.44. The molecule has 4 nitrogen and oxygen atoms in total. The zero-order valence-corrected chi connectivity index (χ0v) is 16.3. The first-order valence-corrected chi connectivity index (χ1v) is 7.99. The van der Waals surface area contributed by atoms with E-state index in [1.165, 1.54) is 25.7 Å². The van der Waals surface area contributed by atoms with Crippen molar-refractivity contribution in [3.8, 4) is 0 Å². The summed E-state index contributed by atoms with van der Waals surface area (Å²) in [6, 6.07) is 0. The van der Waals surface area contributed by atoms with Crippen LogP contribution in [-0.2, 0) is 4.74 Å². The molecule has 0 atom stereocenters. The van der Waals surface area contributed by atoms with Crippen molar-refractivity contribution >= 4 is 29.9 Å².